The summed E-state index contributed by atoms with van der Waals surface area (Å²) in [6, 6.07) is 3.96. The number of hydrogen-bond donors (Lipinski definition) is 1. The Hall–Kier alpha value is -1.89. The summed E-state index contributed by atoms with van der Waals surface area (Å²) in [6.07, 6.45) is 2.49. The van der Waals surface area contributed by atoms with Crippen LogP contribution >= 0.6 is 0 Å². The number of carbonyl (C=O) groups excluding carboxylic acids is 1. The van der Waals surface area contributed by atoms with Gasteiger partial charge in [0.1, 0.15) is 11.9 Å². The smallest absolute Gasteiger partial charge is 0.243 e. The number of rotatable bonds is 6. The molecule has 0 spiro atoms. The van der Waals surface area contributed by atoms with Crippen molar-refractivity contribution in [2.45, 2.75) is 13.0 Å². The average Bonchev–Trinajstić information content (AvgIpc) is 2.36. The number of halogens is 1. The first-order valence-electron chi connectivity index (χ1n) is 5.91. The number of carbonyl (C=O) groups is 1. The number of nitrogens with one attached hydrogen (secondary N) is 1. The van der Waals surface area contributed by atoms with Gasteiger partial charge >= 0.3 is 0 Å². The van der Waals surface area contributed by atoms with Crippen LogP contribution in [0.3, 0.4) is 0 Å². The molecule has 1 amide bonds. The fourth-order valence-electron chi connectivity index (χ4n) is 1.72. The number of nitrogens with zero attached hydrogens (tertiary/aromatic N) is 1. The summed E-state index contributed by atoms with van der Waals surface area (Å²) >= 11 is 0. The van der Waals surface area contributed by atoms with Crippen LogP contribution in [0.5, 0.6) is 0 Å². The van der Waals surface area contributed by atoms with Crippen molar-refractivity contribution < 1.29 is 17.6 Å². The monoisotopic (exact) mass is 300 g/mol. The molecule has 0 aliphatic carbocycles. The first-order chi connectivity index (χ1) is 9.27. The summed E-state index contributed by atoms with van der Waals surface area (Å²) in [6.45, 7) is 5.17. The predicted octanol–water partition coefficient (Wildman–Crippen LogP) is 1.28. The zero-order valence-electron chi connectivity index (χ0n) is 11.3. The van der Waals surface area contributed by atoms with E-state index in [0.717, 1.165) is 22.7 Å². The van der Waals surface area contributed by atoms with Gasteiger partial charge in [0, 0.05) is 6.54 Å². The van der Waals surface area contributed by atoms with Crippen molar-refractivity contribution in [1.82, 2.24) is 5.32 Å². The Kier molecular flexibility index (Phi) is 5.26. The lowest BCUT2D eigenvalue weighted by Gasteiger charge is -2.28. The molecule has 0 radical (unpaired) electrons. The van der Waals surface area contributed by atoms with Crippen LogP contribution in [0, 0.1) is 5.82 Å². The van der Waals surface area contributed by atoms with Crippen LogP contribution in [0.25, 0.3) is 0 Å². The molecule has 0 aromatic heterocycles. The van der Waals surface area contributed by atoms with Gasteiger partial charge in [0.25, 0.3) is 0 Å². The molecule has 1 N–H and O–H groups in total. The molecule has 1 unspecified atom stereocenters. The molecule has 110 valence electrons. The zero-order chi connectivity index (χ0) is 15.3. The molecule has 0 saturated carbocycles. The third kappa shape index (κ3) is 4.06. The molecule has 0 aliphatic heterocycles. The van der Waals surface area contributed by atoms with E-state index in [0.29, 0.717) is 0 Å². The zero-order valence-corrected chi connectivity index (χ0v) is 12.2. The molecular weight excluding hydrogens is 283 g/mol. The maximum absolute atomic E-state index is 12.9. The second-order valence-electron chi connectivity index (χ2n) is 4.25. The largest absolute Gasteiger partial charge is 0.351 e. The molecule has 1 aromatic carbocycles. The summed E-state index contributed by atoms with van der Waals surface area (Å²) in [7, 11) is -3.68. The van der Waals surface area contributed by atoms with Gasteiger partial charge in [0.15, 0.2) is 0 Å². The molecule has 5 nitrogen and oxygen atoms in total. The van der Waals surface area contributed by atoms with Gasteiger partial charge < -0.3 is 5.32 Å². The first kappa shape index (κ1) is 16.2. The van der Waals surface area contributed by atoms with Crippen LogP contribution in [0.1, 0.15) is 6.92 Å². The van der Waals surface area contributed by atoms with Crippen molar-refractivity contribution in [3.63, 3.8) is 0 Å². The summed E-state index contributed by atoms with van der Waals surface area (Å²) in [5, 5.41) is 2.53. The molecular formula is C13H17FN2O3S. The summed E-state index contributed by atoms with van der Waals surface area (Å²) in [5.74, 6) is -0.939. The molecule has 20 heavy (non-hydrogen) atoms. The minimum atomic E-state index is -3.68. The van der Waals surface area contributed by atoms with E-state index in [-0.39, 0.29) is 12.2 Å². The van der Waals surface area contributed by atoms with Crippen LogP contribution in [0.2, 0.25) is 0 Å². The van der Waals surface area contributed by atoms with Crippen molar-refractivity contribution in [2.24, 2.45) is 0 Å². The van der Waals surface area contributed by atoms with E-state index < -0.39 is 27.8 Å². The molecule has 7 heteroatoms. The highest BCUT2D eigenvalue weighted by Gasteiger charge is 2.28. The highest BCUT2D eigenvalue weighted by molar-refractivity contribution is 7.92. The highest BCUT2D eigenvalue weighted by Crippen LogP contribution is 2.21. The van der Waals surface area contributed by atoms with Crippen molar-refractivity contribution >= 4 is 21.6 Å². The van der Waals surface area contributed by atoms with Crippen molar-refractivity contribution in [3.8, 4) is 0 Å². The fourth-order valence-corrected chi connectivity index (χ4v) is 2.89. The summed E-state index contributed by atoms with van der Waals surface area (Å²) in [5.41, 5.74) is 0.232. The van der Waals surface area contributed by atoms with Gasteiger partial charge in [-0.3, -0.25) is 9.10 Å². The van der Waals surface area contributed by atoms with Crippen LogP contribution in [0.4, 0.5) is 10.1 Å². The first-order valence-corrected chi connectivity index (χ1v) is 7.75. The Morgan fingerprint density at radius 1 is 1.45 bits per heavy atom. The van der Waals surface area contributed by atoms with Gasteiger partial charge in [-0.2, -0.15) is 0 Å². The van der Waals surface area contributed by atoms with E-state index >= 15 is 0 Å². The third-order valence-electron chi connectivity index (χ3n) is 2.59. The third-order valence-corrected chi connectivity index (χ3v) is 3.83. The highest BCUT2D eigenvalue weighted by atomic mass is 32.2. The molecule has 1 aromatic rings. The number of hydrogen-bond acceptors (Lipinski definition) is 3. The van der Waals surface area contributed by atoms with Gasteiger partial charge in [-0.1, -0.05) is 6.08 Å². The van der Waals surface area contributed by atoms with Crippen molar-refractivity contribution in [1.29, 1.82) is 0 Å². The van der Waals surface area contributed by atoms with Gasteiger partial charge in [-0.05, 0) is 31.2 Å². The van der Waals surface area contributed by atoms with Crippen molar-refractivity contribution in [2.75, 3.05) is 17.1 Å². The van der Waals surface area contributed by atoms with Crippen molar-refractivity contribution in [3.05, 3.63) is 42.7 Å². The lowest BCUT2D eigenvalue weighted by atomic mass is 10.2. The van der Waals surface area contributed by atoms with E-state index in [1.165, 1.54) is 25.1 Å². The second kappa shape index (κ2) is 6.51. The van der Waals surface area contributed by atoms with Gasteiger partial charge in [0.05, 0.1) is 11.9 Å². The SMILES string of the molecule is C=CCNC(=O)C(C)N(c1ccc(F)cc1)S(C)(=O)=O. The maximum Gasteiger partial charge on any atom is 0.243 e. The van der Waals surface area contributed by atoms with Gasteiger partial charge in [0.2, 0.25) is 15.9 Å². The standard InChI is InChI=1S/C13H17FN2O3S/c1-4-9-15-13(17)10(2)16(20(3,18)19)12-7-5-11(14)6-8-12/h4-8,10H,1,9H2,2-3H3,(H,15,17). The topological polar surface area (TPSA) is 66.5 Å². The number of benzene rings is 1. The fraction of sp³-hybridized carbons (Fsp3) is 0.308. The van der Waals surface area contributed by atoms with Gasteiger partial charge in [-0.25, -0.2) is 12.8 Å². The molecule has 0 saturated heterocycles. The van der Waals surface area contributed by atoms with E-state index in [1.807, 2.05) is 0 Å². The average molecular weight is 300 g/mol. The molecule has 0 fully saturated rings. The lowest BCUT2D eigenvalue weighted by molar-refractivity contribution is -0.121. The Labute approximate surface area is 118 Å². The second-order valence-corrected chi connectivity index (χ2v) is 6.10. The minimum absolute atomic E-state index is 0.232. The predicted molar refractivity (Wildman–Crippen MR) is 76.4 cm³/mol. The Morgan fingerprint density at radius 2 is 2.00 bits per heavy atom. The van der Waals surface area contributed by atoms with Gasteiger partial charge in [-0.15, -0.1) is 6.58 Å². The molecule has 0 heterocycles. The Morgan fingerprint density at radius 3 is 2.45 bits per heavy atom. The van der Waals surface area contributed by atoms with E-state index in [4.69, 9.17) is 0 Å². The van der Waals surface area contributed by atoms with E-state index in [9.17, 15) is 17.6 Å². The molecule has 0 aliphatic rings. The minimum Gasteiger partial charge on any atom is -0.351 e. The molecule has 1 rings (SSSR count). The Bertz CT molecular complexity index is 584. The quantitative estimate of drug-likeness (QED) is 0.805. The Balaban J connectivity index is 3.10. The number of amides is 1. The van der Waals surface area contributed by atoms with Crippen LogP contribution in [0.15, 0.2) is 36.9 Å². The van der Waals surface area contributed by atoms with E-state index in [1.54, 1.807) is 0 Å². The van der Waals surface area contributed by atoms with Crippen LogP contribution in [-0.4, -0.2) is 33.2 Å². The normalized spacial score (nSPS) is 12.6. The number of sulfonamides is 1. The molecule has 0 bridgehead atoms. The lowest BCUT2D eigenvalue weighted by Crippen LogP contribution is -2.47. The maximum atomic E-state index is 12.9. The van der Waals surface area contributed by atoms with E-state index in [2.05, 4.69) is 11.9 Å². The summed E-state index contributed by atoms with van der Waals surface area (Å²) < 4.78 is 37.6. The van der Waals surface area contributed by atoms with Crippen LogP contribution < -0.4 is 9.62 Å². The summed E-state index contributed by atoms with van der Waals surface area (Å²) in [4.78, 5) is 11.9. The number of anilines is 1. The molecule has 1 atom stereocenters. The van der Waals surface area contributed by atoms with Crippen LogP contribution in [-0.2, 0) is 14.8 Å².